The van der Waals surface area contributed by atoms with Crippen LogP contribution in [0.1, 0.15) is 18.7 Å². The Kier molecular flexibility index (Phi) is 4.22. The van der Waals surface area contributed by atoms with E-state index >= 15 is 0 Å². The first kappa shape index (κ1) is 11.0. The minimum atomic E-state index is 0.195. The number of hydrogen-bond donors (Lipinski definition) is 1. The van der Waals surface area contributed by atoms with Gasteiger partial charge in [0.2, 0.25) is 0 Å². The predicted octanol–water partition coefficient (Wildman–Crippen LogP) is 3.60. The van der Waals surface area contributed by atoms with Gasteiger partial charge in [-0.1, -0.05) is 22.5 Å². The molecule has 13 heavy (non-hydrogen) atoms. The minimum Gasteiger partial charge on any atom is -0.453 e. The maximum absolute atomic E-state index is 5.39. The molecule has 0 aromatic carbocycles. The highest BCUT2D eigenvalue weighted by atomic mass is 79.9. The lowest BCUT2D eigenvalue weighted by molar-refractivity contribution is 0.427. The summed E-state index contributed by atoms with van der Waals surface area (Å²) in [4.78, 5) is 0. The van der Waals surface area contributed by atoms with Gasteiger partial charge in [0.05, 0.1) is 6.04 Å². The third-order valence-electron chi connectivity index (χ3n) is 1.62. The van der Waals surface area contributed by atoms with Gasteiger partial charge in [-0.15, -0.1) is 0 Å². The molecule has 1 aromatic heterocycles. The molecule has 1 N–H and O–H groups in total. The summed E-state index contributed by atoms with van der Waals surface area (Å²) in [5.41, 5.74) is 0. The van der Waals surface area contributed by atoms with Crippen LogP contribution in [-0.2, 0) is 0 Å². The molecule has 1 unspecified atom stereocenters. The van der Waals surface area contributed by atoms with Gasteiger partial charge in [0, 0.05) is 11.0 Å². The molecule has 0 saturated carbocycles. The molecule has 0 saturated heterocycles. The van der Waals surface area contributed by atoms with Crippen LogP contribution in [0.4, 0.5) is 0 Å². The first-order chi connectivity index (χ1) is 6.09. The summed E-state index contributed by atoms with van der Waals surface area (Å²) >= 11 is 6.54. The van der Waals surface area contributed by atoms with E-state index in [1.165, 1.54) is 0 Å². The van der Waals surface area contributed by atoms with Gasteiger partial charge in [-0.3, -0.25) is 0 Å². The molecular weight excluding hydrogens is 298 g/mol. The highest BCUT2D eigenvalue weighted by Crippen LogP contribution is 2.20. The summed E-state index contributed by atoms with van der Waals surface area (Å²) in [6.07, 6.45) is 0. The van der Waals surface area contributed by atoms with E-state index in [-0.39, 0.29) is 6.04 Å². The molecule has 0 aliphatic heterocycles. The van der Waals surface area contributed by atoms with Gasteiger partial charge in [0.1, 0.15) is 5.76 Å². The molecule has 1 atom stereocenters. The molecule has 2 nitrogen and oxygen atoms in total. The van der Waals surface area contributed by atoms with Crippen molar-refractivity contribution in [3.63, 3.8) is 0 Å². The first-order valence-corrected chi connectivity index (χ1v) is 5.50. The van der Waals surface area contributed by atoms with Crippen LogP contribution in [0.2, 0.25) is 0 Å². The van der Waals surface area contributed by atoms with Crippen molar-refractivity contribution >= 4 is 31.9 Å². The molecule has 0 fully saturated rings. The second-order valence-electron chi connectivity index (χ2n) is 2.76. The maximum atomic E-state index is 5.39. The summed E-state index contributed by atoms with van der Waals surface area (Å²) in [7, 11) is 0. The quantitative estimate of drug-likeness (QED) is 0.919. The lowest BCUT2D eigenvalue weighted by Gasteiger charge is -2.09. The molecule has 72 valence electrons. The third kappa shape index (κ3) is 3.67. The summed E-state index contributed by atoms with van der Waals surface area (Å²) in [5, 5.41) is 3.25. The molecule has 0 aliphatic rings. The van der Waals surface area contributed by atoms with Crippen LogP contribution in [0.25, 0.3) is 0 Å². The van der Waals surface area contributed by atoms with Gasteiger partial charge in [-0.2, -0.15) is 0 Å². The lowest BCUT2D eigenvalue weighted by Crippen LogP contribution is -2.19. The topological polar surface area (TPSA) is 25.2 Å². The smallest absolute Gasteiger partial charge is 0.169 e. The van der Waals surface area contributed by atoms with Crippen molar-refractivity contribution in [2.24, 2.45) is 0 Å². The number of hydrogen-bond acceptors (Lipinski definition) is 2. The number of furan rings is 1. The van der Waals surface area contributed by atoms with E-state index in [0.29, 0.717) is 0 Å². The Morgan fingerprint density at radius 2 is 2.38 bits per heavy atom. The van der Waals surface area contributed by atoms with Crippen LogP contribution < -0.4 is 5.32 Å². The fourth-order valence-corrected chi connectivity index (χ4v) is 1.41. The van der Waals surface area contributed by atoms with E-state index in [9.17, 15) is 0 Å². The zero-order valence-corrected chi connectivity index (χ0v) is 10.5. The molecule has 4 heteroatoms. The highest BCUT2D eigenvalue weighted by molar-refractivity contribution is 9.11. The molecule has 1 rings (SSSR count). The second kappa shape index (κ2) is 4.98. The zero-order chi connectivity index (χ0) is 9.84. The van der Waals surface area contributed by atoms with Crippen molar-refractivity contribution in [2.45, 2.75) is 13.0 Å². The fourth-order valence-electron chi connectivity index (χ4n) is 0.925. The summed E-state index contributed by atoms with van der Waals surface area (Å²) in [6, 6.07) is 4.02. The van der Waals surface area contributed by atoms with Crippen molar-refractivity contribution in [3.05, 3.63) is 33.6 Å². The Morgan fingerprint density at radius 3 is 2.85 bits per heavy atom. The standard InChI is InChI=1S/C9H11Br2NO/c1-6(10)5-12-7(2)8-3-4-9(11)13-8/h3-4,7,12H,1,5H2,2H3. The summed E-state index contributed by atoms with van der Waals surface area (Å²) < 4.78 is 7.08. The van der Waals surface area contributed by atoms with Crippen molar-refractivity contribution in [3.8, 4) is 0 Å². The second-order valence-corrected chi connectivity index (χ2v) is 4.66. The van der Waals surface area contributed by atoms with E-state index < -0.39 is 0 Å². The van der Waals surface area contributed by atoms with Crippen LogP contribution in [0, 0.1) is 0 Å². The monoisotopic (exact) mass is 307 g/mol. The van der Waals surface area contributed by atoms with E-state index in [2.05, 4.69) is 43.8 Å². The van der Waals surface area contributed by atoms with Crippen molar-refractivity contribution in [1.82, 2.24) is 5.32 Å². The summed E-state index contributed by atoms with van der Waals surface area (Å²) in [6.45, 7) is 6.52. The maximum Gasteiger partial charge on any atom is 0.169 e. The van der Waals surface area contributed by atoms with Gasteiger partial charge in [0.15, 0.2) is 4.67 Å². The lowest BCUT2D eigenvalue weighted by atomic mass is 10.2. The Hall–Kier alpha value is -0.0600. The van der Waals surface area contributed by atoms with E-state index in [1.807, 2.05) is 19.1 Å². The van der Waals surface area contributed by atoms with E-state index in [4.69, 9.17) is 4.42 Å². The fraction of sp³-hybridized carbons (Fsp3) is 0.333. The number of nitrogens with one attached hydrogen (secondary N) is 1. The van der Waals surface area contributed by atoms with Crippen molar-refractivity contribution < 1.29 is 4.42 Å². The van der Waals surface area contributed by atoms with Crippen molar-refractivity contribution in [2.75, 3.05) is 6.54 Å². The Bertz CT molecular complexity index is 296. The SMILES string of the molecule is C=C(Br)CNC(C)c1ccc(Br)o1. The number of rotatable bonds is 4. The summed E-state index contributed by atoms with van der Waals surface area (Å²) in [5.74, 6) is 0.917. The molecule has 0 radical (unpaired) electrons. The van der Waals surface area contributed by atoms with E-state index in [1.54, 1.807) is 0 Å². The van der Waals surface area contributed by atoms with Crippen molar-refractivity contribution in [1.29, 1.82) is 0 Å². The van der Waals surface area contributed by atoms with Gasteiger partial charge in [-0.05, 0) is 35.0 Å². The molecule has 0 aliphatic carbocycles. The van der Waals surface area contributed by atoms with Crippen LogP contribution in [-0.4, -0.2) is 6.54 Å². The molecule has 0 spiro atoms. The molecule has 1 heterocycles. The normalized spacial score (nSPS) is 12.8. The largest absolute Gasteiger partial charge is 0.453 e. The molecule has 1 aromatic rings. The average Bonchev–Trinajstić information content (AvgIpc) is 2.47. The Labute approximate surface area is 94.6 Å². The predicted molar refractivity (Wildman–Crippen MR) is 60.9 cm³/mol. The van der Waals surface area contributed by atoms with Crippen LogP contribution in [0.3, 0.4) is 0 Å². The van der Waals surface area contributed by atoms with Crippen LogP contribution in [0.15, 0.2) is 32.3 Å². The Morgan fingerprint density at radius 1 is 1.69 bits per heavy atom. The van der Waals surface area contributed by atoms with Crippen LogP contribution >= 0.6 is 31.9 Å². The molecular formula is C9H11Br2NO. The van der Waals surface area contributed by atoms with Gasteiger partial charge < -0.3 is 9.73 Å². The average molecular weight is 309 g/mol. The third-order valence-corrected chi connectivity index (χ3v) is 2.33. The number of halogens is 2. The highest BCUT2D eigenvalue weighted by Gasteiger charge is 2.08. The Balaban J connectivity index is 2.48. The van der Waals surface area contributed by atoms with Gasteiger partial charge in [-0.25, -0.2) is 0 Å². The molecule has 0 amide bonds. The van der Waals surface area contributed by atoms with E-state index in [0.717, 1.165) is 21.5 Å². The van der Waals surface area contributed by atoms with Gasteiger partial charge in [0.25, 0.3) is 0 Å². The van der Waals surface area contributed by atoms with Crippen LogP contribution in [0.5, 0.6) is 0 Å². The zero-order valence-electron chi connectivity index (χ0n) is 7.31. The molecule has 0 bridgehead atoms. The van der Waals surface area contributed by atoms with Gasteiger partial charge >= 0.3 is 0 Å². The first-order valence-electron chi connectivity index (χ1n) is 3.91. The minimum absolute atomic E-state index is 0.195.